The minimum Gasteiger partial charge on any atom is -0.493 e. The molecule has 2 aliphatic rings. The number of hydrogen-bond donors (Lipinski definition) is 2. The number of fused-ring (bicyclic) bond motifs is 1. The Morgan fingerprint density at radius 2 is 1.33 bits per heavy atom. The van der Waals surface area contributed by atoms with E-state index in [1.807, 2.05) is 91.0 Å². The molecule has 0 saturated carbocycles. The van der Waals surface area contributed by atoms with Crippen molar-refractivity contribution in [1.29, 1.82) is 0 Å². The van der Waals surface area contributed by atoms with Crippen LogP contribution in [0.5, 0.6) is 23.0 Å². The van der Waals surface area contributed by atoms with E-state index >= 15 is 0 Å². The first-order chi connectivity index (χ1) is 20.6. The fraction of sp³-hybridized carbons (Fsp3) is 0.229. The number of rotatable bonds is 8. The van der Waals surface area contributed by atoms with Crippen LogP contribution in [0.1, 0.15) is 41.5 Å². The van der Waals surface area contributed by atoms with Crippen LogP contribution in [-0.4, -0.2) is 27.1 Å². The van der Waals surface area contributed by atoms with Gasteiger partial charge in [-0.15, -0.1) is 0 Å². The van der Waals surface area contributed by atoms with Gasteiger partial charge < -0.3 is 29.6 Å². The Morgan fingerprint density at radius 3 is 2.10 bits per heavy atom. The molecule has 214 valence electrons. The summed E-state index contributed by atoms with van der Waals surface area (Å²) in [5.74, 6) is 2.68. The van der Waals surface area contributed by atoms with Crippen molar-refractivity contribution >= 4 is 17.2 Å². The largest absolute Gasteiger partial charge is 0.493 e. The van der Waals surface area contributed by atoms with E-state index < -0.39 is 0 Å². The summed E-state index contributed by atoms with van der Waals surface area (Å²) in [5.41, 5.74) is 6.54. The van der Waals surface area contributed by atoms with E-state index in [2.05, 4.69) is 10.6 Å². The molecule has 4 aromatic rings. The number of Topliss-reactive ketones (excluding diaryl/α,β-unsaturated/α-hetero) is 1. The van der Waals surface area contributed by atoms with Gasteiger partial charge in [0.25, 0.3) is 0 Å². The van der Waals surface area contributed by atoms with Crippen LogP contribution < -0.4 is 29.6 Å². The Balaban J connectivity index is 1.36. The fourth-order valence-corrected chi connectivity index (χ4v) is 5.80. The first kappa shape index (κ1) is 27.3. The van der Waals surface area contributed by atoms with Crippen molar-refractivity contribution < 1.29 is 23.7 Å². The normalized spacial score (nSPS) is 17.6. The van der Waals surface area contributed by atoms with E-state index in [4.69, 9.17) is 18.9 Å². The lowest BCUT2D eigenvalue weighted by molar-refractivity contribution is -0.116. The maximum atomic E-state index is 14.0. The second-order valence-electron chi connectivity index (χ2n) is 10.5. The van der Waals surface area contributed by atoms with Gasteiger partial charge in [0.2, 0.25) is 0 Å². The zero-order valence-corrected chi connectivity index (χ0v) is 24.0. The summed E-state index contributed by atoms with van der Waals surface area (Å²) in [6.45, 7) is 0.431. The second-order valence-corrected chi connectivity index (χ2v) is 10.5. The molecular formula is C35H34N2O5. The summed E-state index contributed by atoms with van der Waals surface area (Å²) in [6, 6.07) is 29.5. The first-order valence-electron chi connectivity index (χ1n) is 14.0. The Bertz CT molecular complexity index is 1630. The number of allylic oxidation sites excluding steroid dienone is 1. The zero-order chi connectivity index (χ0) is 29.1. The Kier molecular flexibility index (Phi) is 7.73. The van der Waals surface area contributed by atoms with Gasteiger partial charge in [-0.3, -0.25) is 4.79 Å². The number of methoxy groups -OCH3 is 3. The summed E-state index contributed by atoms with van der Waals surface area (Å²) in [5, 5.41) is 7.25. The molecule has 1 heterocycles. The summed E-state index contributed by atoms with van der Waals surface area (Å²) < 4.78 is 22.8. The maximum Gasteiger partial charge on any atom is 0.163 e. The number of ketones is 1. The number of carbonyl (C=O) groups excluding carboxylic acids is 1. The van der Waals surface area contributed by atoms with Crippen LogP contribution in [0.4, 0.5) is 11.4 Å². The number of benzene rings is 4. The molecule has 2 atom stereocenters. The number of anilines is 2. The lowest BCUT2D eigenvalue weighted by Gasteiger charge is -2.30. The van der Waals surface area contributed by atoms with Gasteiger partial charge in [-0.05, 0) is 65.4 Å². The molecular weight excluding hydrogens is 528 g/mol. The summed E-state index contributed by atoms with van der Waals surface area (Å²) in [6.07, 6.45) is 1.07. The molecule has 0 amide bonds. The third-order valence-electron chi connectivity index (χ3n) is 7.95. The highest BCUT2D eigenvalue weighted by Crippen LogP contribution is 2.46. The Labute approximate surface area is 246 Å². The number of ether oxygens (including phenoxy) is 4. The predicted molar refractivity (Wildman–Crippen MR) is 164 cm³/mol. The van der Waals surface area contributed by atoms with Crippen molar-refractivity contribution in [2.24, 2.45) is 0 Å². The van der Waals surface area contributed by atoms with Crippen molar-refractivity contribution in [3.05, 3.63) is 119 Å². The van der Waals surface area contributed by atoms with Gasteiger partial charge in [-0.1, -0.05) is 54.6 Å². The number of para-hydroxylation sites is 2. The molecule has 0 bridgehead atoms. The molecule has 1 aliphatic carbocycles. The highest BCUT2D eigenvalue weighted by molar-refractivity contribution is 6.01. The second kappa shape index (κ2) is 11.9. The van der Waals surface area contributed by atoms with Crippen molar-refractivity contribution in [3.63, 3.8) is 0 Å². The van der Waals surface area contributed by atoms with Gasteiger partial charge in [0.1, 0.15) is 6.61 Å². The minimum atomic E-state index is -0.368. The molecule has 7 heteroatoms. The zero-order valence-electron chi connectivity index (χ0n) is 24.0. The van der Waals surface area contributed by atoms with E-state index in [0.717, 1.165) is 39.3 Å². The predicted octanol–water partition coefficient (Wildman–Crippen LogP) is 7.27. The molecule has 1 aliphatic heterocycles. The van der Waals surface area contributed by atoms with Gasteiger partial charge in [0.15, 0.2) is 28.8 Å². The molecule has 7 nitrogen and oxygen atoms in total. The van der Waals surface area contributed by atoms with Gasteiger partial charge in [0, 0.05) is 17.7 Å². The lowest BCUT2D eigenvalue weighted by atomic mass is 9.78. The van der Waals surface area contributed by atoms with Crippen LogP contribution in [0.3, 0.4) is 0 Å². The van der Waals surface area contributed by atoms with Gasteiger partial charge in [-0.25, -0.2) is 0 Å². The van der Waals surface area contributed by atoms with Crippen molar-refractivity contribution in [2.75, 3.05) is 32.0 Å². The summed E-state index contributed by atoms with van der Waals surface area (Å²) in [7, 11) is 4.88. The molecule has 2 N–H and O–H groups in total. The van der Waals surface area contributed by atoms with Crippen LogP contribution in [-0.2, 0) is 11.4 Å². The first-order valence-corrected chi connectivity index (χ1v) is 14.0. The molecule has 0 saturated heterocycles. The Morgan fingerprint density at radius 1 is 0.690 bits per heavy atom. The van der Waals surface area contributed by atoms with E-state index in [0.29, 0.717) is 42.4 Å². The van der Waals surface area contributed by atoms with E-state index in [1.54, 1.807) is 21.3 Å². The number of hydrogen-bond acceptors (Lipinski definition) is 7. The topological polar surface area (TPSA) is 78.1 Å². The summed E-state index contributed by atoms with van der Waals surface area (Å²) >= 11 is 0. The monoisotopic (exact) mass is 562 g/mol. The average molecular weight is 563 g/mol. The van der Waals surface area contributed by atoms with E-state index in [9.17, 15) is 4.79 Å². The number of nitrogens with one attached hydrogen (secondary N) is 2. The SMILES string of the molecule is COc1ccc(C2CC(=O)C3=C(C2)Nc2ccccc2NC3c2ccc(OCc3ccccc3)c(OC)c2)cc1OC. The number of carbonyl (C=O) groups is 1. The fourth-order valence-electron chi connectivity index (χ4n) is 5.80. The van der Waals surface area contributed by atoms with Crippen LogP contribution >= 0.6 is 0 Å². The maximum absolute atomic E-state index is 14.0. The molecule has 0 radical (unpaired) electrons. The summed E-state index contributed by atoms with van der Waals surface area (Å²) in [4.78, 5) is 14.0. The van der Waals surface area contributed by atoms with Crippen LogP contribution in [0.25, 0.3) is 0 Å². The van der Waals surface area contributed by atoms with Crippen LogP contribution in [0.2, 0.25) is 0 Å². The average Bonchev–Trinajstić information content (AvgIpc) is 3.21. The van der Waals surface area contributed by atoms with Crippen molar-refractivity contribution in [3.8, 4) is 23.0 Å². The van der Waals surface area contributed by atoms with Gasteiger partial charge >= 0.3 is 0 Å². The third-order valence-corrected chi connectivity index (χ3v) is 7.95. The molecule has 0 spiro atoms. The smallest absolute Gasteiger partial charge is 0.163 e. The van der Waals surface area contributed by atoms with E-state index in [-0.39, 0.29) is 17.7 Å². The van der Waals surface area contributed by atoms with E-state index in [1.165, 1.54) is 0 Å². The Hall–Kier alpha value is -4.91. The van der Waals surface area contributed by atoms with Gasteiger partial charge in [-0.2, -0.15) is 0 Å². The standard InChI is InChI=1S/C35H34N2O5/c1-39-30-15-13-23(19-32(30)40-2)25-17-28-34(29(38)18-25)35(37-27-12-8-7-11-26(27)36-28)24-14-16-31(33(20-24)41-3)42-21-22-9-5-4-6-10-22/h4-16,19-20,25,35-37H,17-18,21H2,1-3H3. The molecule has 4 aromatic carbocycles. The minimum absolute atomic E-state index is 0.00207. The van der Waals surface area contributed by atoms with Crippen LogP contribution in [0.15, 0.2) is 102 Å². The highest BCUT2D eigenvalue weighted by Gasteiger charge is 2.36. The lowest BCUT2D eigenvalue weighted by Crippen LogP contribution is -2.27. The molecule has 42 heavy (non-hydrogen) atoms. The third kappa shape index (κ3) is 5.38. The molecule has 0 fully saturated rings. The van der Waals surface area contributed by atoms with Crippen LogP contribution in [0, 0.1) is 0 Å². The molecule has 0 aromatic heterocycles. The van der Waals surface area contributed by atoms with Crippen molar-refractivity contribution in [1.82, 2.24) is 0 Å². The highest BCUT2D eigenvalue weighted by atomic mass is 16.5. The van der Waals surface area contributed by atoms with Gasteiger partial charge in [0.05, 0.1) is 38.7 Å². The quantitative estimate of drug-likeness (QED) is 0.234. The molecule has 2 unspecified atom stereocenters. The van der Waals surface area contributed by atoms with Crippen molar-refractivity contribution in [2.45, 2.75) is 31.4 Å². The molecule has 6 rings (SSSR count).